The first-order valence-corrected chi connectivity index (χ1v) is 30.5. The number of rotatable bonds is 22. The van der Waals surface area contributed by atoms with E-state index in [0.717, 1.165) is 28.5 Å². The van der Waals surface area contributed by atoms with Gasteiger partial charge in [0.15, 0.2) is 22.3 Å². The normalized spacial score (nSPS) is 17.2. The smallest absolute Gasteiger partial charge is 0.361 e. The molecule has 1 fully saturated rings. The van der Waals surface area contributed by atoms with Crippen molar-refractivity contribution in [3.63, 3.8) is 0 Å². The molecule has 6 aromatic rings. The molecule has 0 aliphatic carbocycles. The van der Waals surface area contributed by atoms with Crippen LogP contribution in [-0.4, -0.2) is 108 Å². The van der Waals surface area contributed by atoms with Gasteiger partial charge in [-0.15, -0.1) is 23.1 Å². The lowest BCUT2D eigenvalue weighted by Crippen LogP contribution is -2.71. The highest BCUT2D eigenvalue weighted by molar-refractivity contribution is 8.13. The average Bonchev–Trinajstić information content (AvgIpc) is 2.34. The lowest BCUT2D eigenvalue weighted by atomic mass is 9.77. The number of carbonyl (C=O) groups excluding carboxylic acids is 6. The summed E-state index contributed by atoms with van der Waals surface area (Å²) in [6, 6.07) is 39.7. The van der Waals surface area contributed by atoms with E-state index in [9.17, 15) is 24.0 Å². The lowest BCUT2D eigenvalue weighted by Gasteiger charge is -2.49. The number of hydrogen-bond acceptors (Lipinski definition) is 22. The summed E-state index contributed by atoms with van der Waals surface area (Å²) in [6.07, 6.45) is 0. The molecule has 83 heavy (non-hydrogen) atoms. The van der Waals surface area contributed by atoms with E-state index in [1.807, 2.05) is 102 Å². The van der Waals surface area contributed by atoms with Crippen LogP contribution in [0.4, 0.5) is 5.13 Å². The van der Waals surface area contributed by atoms with Gasteiger partial charge >= 0.3 is 23.9 Å². The van der Waals surface area contributed by atoms with Crippen molar-refractivity contribution in [3.8, 4) is 17.2 Å². The third kappa shape index (κ3) is 14.4. The highest BCUT2D eigenvalue weighted by Gasteiger charge is 2.55. The van der Waals surface area contributed by atoms with Gasteiger partial charge in [-0.25, -0.2) is 19.0 Å². The number of hydrazone groups is 1. The second kappa shape index (κ2) is 26.6. The van der Waals surface area contributed by atoms with Gasteiger partial charge in [-0.05, 0) is 97.8 Å². The quantitative estimate of drug-likeness (QED) is 0.00742. The zero-order valence-corrected chi connectivity index (χ0v) is 50.0. The van der Waals surface area contributed by atoms with Crippen molar-refractivity contribution in [2.45, 2.75) is 86.4 Å². The number of thioether (sulfide) groups is 3. The van der Waals surface area contributed by atoms with E-state index in [4.69, 9.17) is 33.5 Å². The van der Waals surface area contributed by atoms with Crippen LogP contribution < -0.4 is 24.8 Å². The first-order valence-electron chi connectivity index (χ1n) is 25.8. The molecule has 0 saturated carbocycles. The number of nitrogens with one attached hydrogen (secondary N) is 2. The fourth-order valence-electron chi connectivity index (χ4n) is 8.83. The molecule has 0 spiro atoms. The Bertz CT molecular complexity index is 3360. The summed E-state index contributed by atoms with van der Waals surface area (Å²) < 4.78 is 29.4. The standard InChI is InChI=1S/C59H57N7O12S5/c1-35-66(60-34-81-35)82-32-39-31-79-53-49(52(70)65(53)50(39)54(71)74-30-38-23-25-43(73-7)26-24-38)62-51(69)48(64-78-56(55(72)77-58(4,5)6)83-44-27-28-46(75-36(2)67)47(29-44)76-37(3)68)45-33-80-57(61-45)63-59(40-17-11-8-12-18-40,41-19-13-9-14-20-41)42-21-15-10-16-22-42/h8-29,33-35,49,53,56H,30-32H2,1-7H3,(H,61,63)(H,62,69)/b64-48-/t35-,49+,53-,56+/m0/s1. The van der Waals surface area contributed by atoms with Crippen LogP contribution in [0.25, 0.3) is 0 Å². The van der Waals surface area contributed by atoms with E-state index in [0.29, 0.717) is 33.5 Å². The summed E-state index contributed by atoms with van der Waals surface area (Å²) in [5, 5.41) is 16.6. The third-order valence-electron chi connectivity index (χ3n) is 12.5. The van der Waals surface area contributed by atoms with Gasteiger partial charge in [0.2, 0.25) is 0 Å². The van der Waals surface area contributed by atoms with Crippen molar-refractivity contribution in [1.82, 2.24) is 19.6 Å². The molecule has 24 heteroatoms. The van der Waals surface area contributed by atoms with E-state index >= 15 is 4.79 Å². The summed E-state index contributed by atoms with van der Waals surface area (Å²) in [5.41, 5.74) is 1.74. The van der Waals surface area contributed by atoms with Gasteiger partial charge in [-0.1, -0.05) is 132 Å². The van der Waals surface area contributed by atoms with E-state index in [1.165, 1.54) is 72.0 Å². The van der Waals surface area contributed by atoms with Crippen molar-refractivity contribution in [3.05, 3.63) is 178 Å². The predicted octanol–water partition coefficient (Wildman–Crippen LogP) is 9.97. The second-order valence-corrected chi connectivity index (χ2v) is 24.8. The van der Waals surface area contributed by atoms with Gasteiger partial charge in [0.05, 0.1) is 12.7 Å². The van der Waals surface area contributed by atoms with Crippen LogP contribution >= 0.6 is 58.6 Å². The van der Waals surface area contributed by atoms with E-state index in [2.05, 4.69) is 20.9 Å². The van der Waals surface area contributed by atoms with Crippen molar-refractivity contribution in [2.75, 3.05) is 23.9 Å². The molecule has 430 valence electrons. The summed E-state index contributed by atoms with van der Waals surface area (Å²) in [4.78, 5) is 95.0. The van der Waals surface area contributed by atoms with Crippen LogP contribution in [0.15, 0.2) is 165 Å². The number of fused-ring (bicyclic) bond motifs is 1. The molecule has 3 aliphatic heterocycles. The van der Waals surface area contributed by atoms with Crippen molar-refractivity contribution >= 4 is 111 Å². The molecule has 9 rings (SSSR count). The number of aromatic nitrogens is 1. The molecule has 0 radical (unpaired) electrons. The molecule has 2 amide bonds. The Morgan fingerprint density at radius 2 is 1.46 bits per heavy atom. The third-order valence-corrected chi connectivity index (χ3v) is 17.8. The molecule has 0 unspecified atom stereocenters. The molecule has 1 aromatic heterocycles. The molecule has 5 aromatic carbocycles. The summed E-state index contributed by atoms with van der Waals surface area (Å²) in [6.45, 7) is 9.28. The van der Waals surface area contributed by atoms with E-state index in [-0.39, 0.29) is 39.8 Å². The number of carbonyl (C=O) groups is 6. The van der Waals surface area contributed by atoms with Crippen LogP contribution in [-0.2, 0) is 55.2 Å². The molecular weight excluding hydrogens is 1160 g/mol. The SMILES string of the molecule is COc1ccc(COC(=O)C2=C(CSN3N=CS[C@H]3C)CS[C@H]3[C@H](NC(=O)/C(=N\O[C@H](Sc4ccc(OC(C)=O)c(OC(C)=O)c4)C(=O)OC(C)(C)C)c4csc(NC(c5ccccc5)(c5ccccc5)c5ccccc5)n4)C(=O)N23)cc1. The van der Waals surface area contributed by atoms with Gasteiger partial charge in [0.1, 0.15) is 51.7 Å². The largest absolute Gasteiger partial charge is 0.497 e. The Balaban J connectivity index is 1.07. The Kier molecular flexibility index (Phi) is 19.2. The van der Waals surface area contributed by atoms with Gasteiger partial charge in [-0.3, -0.25) is 24.1 Å². The van der Waals surface area contributed by atoms with Crippen LogP contribution in [0.5, 0.6) is 17.2 Å². The minimum atomic E-state index is -1.63. The van der Waals surface area contributed by atoms with E-state index < -0.39 is 69.4 Å². The molecule has 19 nitrogen and oxygen atoms in total. The number of nitrogens with zero attached hydrogens (tertiary/aromatic N) is 5. The fraction of sp³-hybridized carbons (Fsp3) is 0.271. The number of methoxy groups -OCH3 is 1. The zero-order valence-electron chi connectivity index (χ0n) is 46.0. The maximum absolute atomic E-state index is 15.1. The van der Waals surface area contributed by atoms with Crippen molar-refractivity contribution in [2.24, 2.45) is 10.3 Å². The molecule has 4 heterocycles. The van der Waals surface area contributed by atoms with Crippen LogP contribution in [0.1, 0.15) is 69.5 Å². The number of benzene rings is 5. The Morgan fingerprint density at radius 1 is 0.831 bits per heavy atom. The highest BCUT2D eigenvalue weighted by Crippen LogP contribution is 2.44. The Hall–Kier alpha value is -7.77. The topological polar surface area (TPSA) is 226 Å². The second-order valence-electron chi connectivity index (χ2n) is 19.6. The molecule has 1 saturated heterocycles. The van der Waals surface area contributed by atoms with Gasteiger partial charge in [0.25, 0.3) is 17.3 Å². The van der Waals surface area contributed by atoms with Crippen molar-refractivity contribution in [1.29, 1.82) is 0 Å². The van der Waals surface area contributed by atoms with Gasteiger partial charge < -0.3 is 39.2 Å². The number of hydrogen-bond donors (Lipinski definition) is 2. The minimum absolute atomic E-state index is 0.00722. The number of thiazole rings is 1. The Morgan fingerprint density at radius 3 is 2.04 bits per heavy atom. The lowest BCUT2D eigenvalue weighted by molar-refractivity contribution is -0.162. The number of oxime groups is 1. The monoisotopic (exact) mass is 1220 g/mol. The summed E-state index contributed by atoms with van der Waals surface area (Å²) >= 11 is 6.29. The van der Waals surface area contributed by atoms with E-state index in [1.54, 1.807) is 74.8 Å². The number of anilines is 1. The maximum Gasteiger partial charge on any atom is 0.361 e. The van der Waals surface area contributed by atoms with Crippen LogP contribution in [0, 0.1) is 0 Å². The molecule has 3 aliphatic rings. The molecular formula is C59H57N7O12S5. The highest BCUT2D eigenvalue weighted by atomic mass is 32.2. The maximum atomic E-state index is 15.1. The van der Waals surface area contributed by atoms with Crippen molar-refractivity contribution < 1.29 is 57.3 Å². The molecule has 0 bridgehead atoms. The van der Waals surface area contributed by atoms with Gasteiger partial charge in [-0.2, -0.15) is 5.10 Å². The number of ether oxygens (including phenoxy) is 5. The average molecular weight is 1220 g/mol. The summed E-state index contributed by atoms with van der Waals surface area (Å²) in [5.74, 6) is -3.37. The number of β-lactam (4-membered cyclic amide) rings is 1. The fourth-order valence-corrected chi connectivity index (χ4v) is 13.6. The number of esters is 4. The first kappa shape index (κ1) is 59.8. The van der Waals surface area contributed by atoms with Crippen LogP contribution in [0.2, 0.25) is 0 Å². The van der Waals surface area contributed by atoms with Crippen LogP contribution in [0.3, 0.4) is 0 Å². The molecule has 4 atom stereocenters. The predicted molar refractivity (Wildman–Crippen MR) is 322 cm³/mol. The Labute approximate surface area is 500 Å². The summed E-state index contributed by atoms with van der Waals surface area (Å²) in [7, 11) is 1.56. The first-order chi connectivity index (χ1) is 39.9. The number of amides is 2. The van der Waals surface area contributed by atoms with Gasteiger partial charge in [0, 0.05) is 35.6 Å². The minimum Gasteiger partial charge on any atom is -0.497 e. The zero-order chi connectivity index (χ0) is 58.8. The molecule has 2 N–H and O–H groups in total.